The highest BCUT2D eigenvalue weighted by atomic mass is 15.1. The van der Waals surface area contributed by atoms with Gasteiger partial charge in [-0.3, -0.25) is 4.90 Å². The Labute approximate surface area is 77.1 Å². The molecule has 0 aromatic rings. The summed E-state index contributed by atoms with van der Waals surface area (Å²) >= 11 is 0. The summed E-state index contributed by atoms with van der Waals surface area (Å²) in [6.45, 7) is 4.94. The van der Waals surface area contributed by atoms with Crippen molar-refractivity contribution in [3.05, 3.63) is 13.3 Å². The maximum atomic E-state index is 3.75. The fourth-order valence-electron chi connectivity index (χ4n) is 2.00. The summed E-state index contributed by atoms with van der Waals surface area (Å²) in [6.07, 6.45) is 10.3. The summed E-state index contributed by atoms with van der Waals surface area (Å²) in [6, 6.07) is 0.860. The average Bonchev–Trinajstić information content (AvgIpc) is 2.15. The van der Waals surface area contributed by atoms with Crippen LogP contribution in [0, 0.1) is 13.3 Å². The molecule has 70 valence electrons. The highest BCUT2D eigenvalue weighted by Crippen LogP contribution is 2.21. The first-order chi connectivity index (χ1) is 5.84. The van der Waals surface area contributed by atoms with Gasteiger partial charge < -0.3 is 0 Å². The minimum absolute atomic E-state index is 0.860. The molecule has 1 nitrogen and oxygen atoms in total. The third-order valence-corrected chi connectivity index (χ3v) is 2.88. The quantitative estimate of drug-likeness (QED) is 0.582. The molecule has 0 saturated heterocycles. The minimum Gasteiger partial charge on any atom is -0.299 e. The van der Waals surface area contributed by atoms with E-state index in [0.29, 0.717) is 0 Å². The highest BCUT2D eigenvalue weighted by Gasteiger charge is 2.17. The second-order valence-corrected chi connectivity index (χ2v) is 3.85. The van der Waals surface area contributed by atoms with Crippen LogP contribution in [0.3, 0.4) is 0 Å². The molecule has 1 heteroatoms. The molecule has 1 aliphatic rings. The lowest BCUT2D eigenvalue weighted by atomic mass is 9.94. The van der Waals surface area contributed by atoms with Crippen molar-refractivity contribution in [3.63, 3.8) is 0 Å². The predicted molar refractivity (Wildman–Crippen MR) is 53.8 cm³/mol. The molecule has 0 heterocycles. The van der Waals surface area contributed by atoms with Crippen LogP contribution in [0.15, 0.2) is 0 Å². The van der Waals surface area contributed by atoms with Gasteiger partial charge in [0.1, 0.15) is 0 Å². The summed E-state index contributed by atoms with van der Waals surface area (Å²) in [4.78, 5) is 2.50. The molecule has 0 bridgehead atoms. The number of nitrogens with zero attached hydrogens (tertiary/aromatic N) is 1. The molecule has 0 amide bonds. The predicted octanol–water partition coefficient (Wildman–Crippen LogP) is 2.68. The lowest BCUT2D eigenvalue weighted by molar-refractivity contribution is 0.193. The van der Waals surface area contributed by atoms with Gasteiger partial charge in [-0.05, 0) is 19.9 Å². The molecule has 0 spiro atoms. The van der Waals surface area contributed by atoms with Gasteiger partial charge in [-0.1, -0.05) is 25.7 Å². The van der Waals surface area contributed by atoms with Crippen LogP contribution < -0.4 is 0 Å². The third kappa shape index (κ3) is 3.06. The molecular weight excluding hydrogens is 146 g/mol. The molecule has 0 aromatic carbocycles. The standard InChI is InChI=1S/C11H21N/c1-3-4-10-12(2)11-8-6-5-7-9-11/h3,11H,1,4-10H2,2H3. The fraction of sp³-hybridized carbons (Fsp3) is 0.818. The number of hydrogen-bond donors (Lipinski definition) is 0. The van der Waals surface area contributed by atoms with Crippen molar-refractivity contribution in [2.75, 3.05) is 13.6 Å². The Morgan fingerprint density at radius 2 is 2.00 bits per heavy atom. The van der Waals surface area contributed by atoms with E-state index >= 15 is 0 Å². The first kappa shape index (κ1) is 9.91. The van der Waals surface area contributed by atoms with Crippen LogP contribution in [0.4, 0.5) is 0 Å². The molecule has 1 fully saturated rings. The van der Waals surface area contributed by atoms with Crippen LogP contribution in [0.25, 0.3) is 0 Å². The summed E-state index contributed by atoms with van der Waals surface area (Å²) < 4.78 is 0. The van der Waals surface area contributed by atoms with E-state index in [-0.39, 0.29) is 0 Å². The molecule has 0 unspecified atom stereocenters. The molecule has 1 rings (SSSR count). The van der Waals surface area contributed by atoms with Crippen molar-refractivity contribution in [1.29, 1.82) is 0 Å². The Hall–Kier alpha value is -0.170. The van der Waals surface area contributed by atoms with E-state index in [9.17, 15) is 0 Å². The topological polar surface area (TPSA) is 3.24 Å². The van der Waals surface area contributed by atoms with Gasteiger partial charge in [0.2, 0.25) is 0 Å². The van der Waals surface area contributed by atoms with E-state index < -0.39 is 0 Å². The van der Waals surface area contributed by atoms with Gasteiger partial charge in [0.25, 0.3) is 0 Å². The lowest BCUT2D eigenvalue weighted by Gasteiger charge is -2.30. The van der Waals surface area contributed by atoms with Crippen molar-refractivity contribution in [2.45, 2.75) is 44.6 Å². The summed E-state index contributed by atoms with van der Waals surface area (Å²) in [5.41, 5.74) is 0. The first-order valence-electron chi connectivity index (χ1n) is 5.15. The molecule has 1 saturated carbocycles. The van der Waals surface area contributed by atoms with Gasteiger partial charge in [-0.2, -0.15) is 0 Å². The normalized spacial score (nSPS) is 19.9. The van der Waals surface area contributed by atoms with Crippen molar-refractivity contribution in [2.24, 2.45) is 0 Å². The highest BCUT2D eigenvalue weighted by molar-refractivity contribution is 4.76. The van der Waals surface area contributed by atoms with E-state index in [1.807, 2.05) is 6.42 Å². The van der Waals surface area contributed by atoms with E-state index in [2.05, 4.69) is 18.9 Å². The molecule has 0 aliphatic heterocycles. The maximum Gasteiger partial charge on any atom is 0.0697 e. The van der Waals surface area contributed by atoms with Crippen molar-refractivity contribution in [3.8, 4) is 0 Å². The number of rotatable bonds is 4. The van der Waals surface area contributed by atoms with Gasteiger partial charge in [-0.15, -0.1) is 6.92 Å². The summed E-state index contributed by atoms with van der Waals surface area (Å²) in [5.74, 6) is 0. The zero-order chi connectivity index (χ0) is 8.81. The van der Waals surface area contributed by atoms with Crippen molar-refractivity contribution >= 4 is 0 Å². The summed E-state index contributed by atoms with van der Waals surface area (Å²) in [5, 5.41) is 0. The SMILES string of the molecule is [CH2-][CH+]CCN(C)C1CCCCC1. The van der Waals surface area contributed by atoms with Crippen LogP contribution >= 0.6 is 0 Å². The number of hydrogen-bond acceptors (Lipinski definition) is 1. The van der Waals surface area contributed by atoms with Gasteiger partial charge >= 0.3 is 0 Å². The number of unbranched alkanes of at least 4 members (excludes halogenated alkanes) is 1. The van der Waals surface area contributed by atoms with Gasteiger partial charge in [0.05, 0.1) is 6.42 Å². The first-order valence-corrected chi connectivity index (χ1v) is 5.15. The lowest BCUT2D eigenvalue weighted by Crippen LogP contribution is -2.34. The molecule has 12 heavy (non-hydrogen) atoms. The summed E-state index contributed by atoms with van der Waals surface area (Å²) in [7, 11) is 2.25. The maximum absolute atomic E-state index is 3.75. The molecule has 0 N–H and O–H groups in total. The Bertz CT molecular complexity index is 106. The Balaban J connectivity index is 2.15. The second kappa shape index (κ2) is 5.47. The Kier molecular flexibility index (Phi) is 4.52. The zero-order valence-corrected chi connectivity index (χ0v) is 8.26. The molecule has 0 atom stereocenters. The van der Waals surface area contributed by atoms with Crippen molar-refractivity contribution in [1.82, 2.24) is 4.90 Å². The van der Waals surface area contributed by atoms with Crippen LogP contribution in [-0.4, -0.2) is 24.5 Å². The van der Waals surface area contributed by atoms with E-state index in [0.717, 1.165) is 12.5 Å². The van der Waals surface area contributed by atoms with Crippen LogP contribution in [-0.2, 0) is 0 Å². The van der Waals surface area contributed by atoms with E-state index in [1.165, 1.54) is 38.6 Å². The smallest absolute Gasteiger partial charge is 0.0697 e. The van der Waals surface area contributed by atoms with E-state index in [1.54, 1.807) is 0 Å². The third-order valence-electron chi connectivity index (χ3n) is 2.88. The van der Waals surface area contributed by atoms with Crippen molar-refractivity contribution < 1.29 is 0 Å². The molecule has 0 aromatic heterocycles. The minimum atomic E-state index is 0.860. The second-order valence-electron chi connectivity index (χ2n) is 3.85. The van der Waals surface area contributed by atoms with Gasteiger partial charge in [0, 0.05) is 12.6 Å². The zero-order valence-electron chi connectivity index (χ0n) is 8.26. The monoisotopic (exact) mass is 167 g/mol. The fourth-order valence-corrected chi connectivity index (χ4v) is 2.00. The van der Waals surface area contributed by atoms with Crippen LogP contribution in [0.2, 0.25) is 0 Å². The van der Waals surface area contributed by atoms with Gasteiger partial charge in [-0.25, -0.2) is 0 Å². The molecule has 1 aliphatic carbocycles. The molecular formula is C11H21N. The molecule has 0 radical (unpaired) electrons. The average molecular weight is 167 g/mol. The Morgan fingerprint density at radius 1 is 1.33 bits per heavy atom. The van der Waals surface area contributed by atoms with Crippen LogP contribution in [0.1, 0.15) is 38.5 Å². The Morgan fingerprint density at radius 3 is 2.58 bits per heavy atom. The van der Waals surface area contributed by atoms with Crippen LogP contribution in [0.5, 0.6) is 0 Å². The van der Waals surface area contributed by atoms with E-state index in [4.69, 9.17) is 0 Å². The largest absolute Gasteiger partial charge is 0.299 e. The van der Waals surface area contributed by atoms with Gasteiger partial charge in [0.15, 0.2) is 0 Å².